The molecule has 0 aliphatic rings. The highest BCUT2D eigenvalue weighted by atomic mass is 32.1. The van der Waals surface area contributed by atoms with Crippen molar-refractivity contribution in [3.8, 4) is 11.8 Å². The van der Waals surface area contributed by atoms with Crippen molar-refractivity contribution >= 4 is 17.1 Å². The molecule has 2 aromatic rings. The van der Waals surface area contributed by atoms with Crippen LogP contribution >= 0.6 is 11.3 Å². The molecule has 0 saturated carbocycles. The van der Waals surface area contributed by atoms with Crippen LogP contribution in [0.15, 0.2) is 23.6 Å². The van der Waals surface area contributed by atoms with Gasteiger partial charge in [0, 0.05) is 5.38 Å². The molecule has 0 bridgehead atoms. The zero-order valence-corrected chi connectivity index (χ0v) is 12.3. The third-order valence-corrected chi connectivity index (χ3v) is 3.80. The van der Waals surface area contributed by atoms with Crippen LogP contribution in [0.3, 0.4) is 0 Å². The molecule has 5 heteroatoms. The summed E-state index contributed by atoms with van der Waals surface area (Å²) in [4.78, 5) is 16.5. The second-order valence-corrected chi connectivity index (χ2v) is 5.47. The summed E-state index contributed by atoms with van der Waals surface area (Å²) in [6.45, 7) is 3.74. The van der Waals surface area contributed by atoms with Crippen molar-refractivity contribution in [1.82, 2.24) is 4.98 Å². The molecule has 1 atom stereocenters. The molecule has 2 rings (SSSR count). The SMILES string of the molecule is COc1cc(C(C#N)C(=O)c2csc(C)n2)ccc1C. The number of nitrogens with zero attached hydrogens (tertiary/aromatic N) is 2. The third kappa shape index (κ3) is 2.70. The number of methoxy groups -OCH3 is 1. The molecule has 0 amide bonds. The van der Waals surface area contributed by atoms with E-state index in [0.29, 0.717) is 17.0 Å². The molecule has 0 aliphatic carbocycles. The molecule has 0 saturated heterocycles. The molecule has 0 spiro atoms. The topological polar surface area (TPSA) is 63.0 Å². The van der Waals surface area contributed by atoms with E-state index in [-0.39, 0.29) is 5.78 Å². The van der Waals surface area contributed by atoms with Gasteiger partial charge in [0.05, 0.1) is 18.2 Å². The van der Waals surface area contributed by atoms with E-state index < -0.39 is 5.92 Å². The maximum Gasteiger partial charge on any atom is 0.203 e. The Bertz CT molecular complexity index is 685. The number of aryl methyl sites for hydroxylation is 2. The maximum atomic E-state index is 12.4. The molecule has 1 unspecified atom stereocenters. The molecule has 1 heterocycles. The van der Waals surface area contributed by atoms with E-state index in [1.807, 2.05) is 19.9 Å². The lowest BCUT2D eigenvalue weighted by atomic mass is 9.93. The summed E-state index contributed by atoms with van der Waals surface area (Å²) in [5.74, 6) is -0.459. The predicted molar refractivity (Wildman–Crippen MR) is 77.3 cm³/mol. The smallest absolute Gasteiger partial charge is 0.203 e. The van der Waals surface area contributed by atoms with Gasteiger partial charge in [-0.15, -0.1) is 11.3 Å². The standard InChI is InChI=1S/C15H14N2O2S/c1-9-4-5-11(6-14(9)19-3)12(7-16)15(18)13-8-20-10(2)17-13/h4-6,8,12H,1-3H3. The van der Waals surface area contributed by atoms with Crippen LogP contribution in [0.4, 0.5) is 0 Å². The summed E-state index contributed by atoms with van der Waals surface area (Å²) < 4.78 is 5.24. The van der Waals surface area contributed by atoms with Gasteiger partial charge < -0.3 is 4.74 Å². The van der Waals surface area contributed by atoms with Gasteiger partial charge in [-0.2, -0.15) is 5.26 Å². The first-order chi connectivity index (χ1) is 9.56. The summed E-state index contributed by atoms with van der Waals surface area (Å²) in [6.07, 6.45) is 0. The number of ether oxygens (including phenoxy) is 1. The number of carbonyl (C=O) groups is 1. The van der Waals surface area contributed by atoms with Crippen LogP contribution in [0.25, 0.3) is 0 Å². The van der Waals surface area contributed by atoms with Gasteiger partial charge in [-0.05, 0) is 31.0 Å². The molecule has 0 aliphatic heterocycles. The zero-order chi connectivity index (χ0) is 14.7. The fourth-order valence-corrected chi connectivity index (χ4v) is 2.53. The number of nitriles is 1. The second-order valence-electron chi connectivity index (χ2n) is 4.41. The van der Waals surface area contributed by atoms with Gasteiger partial charge >= 0.3 is 0 Å². The maximum absolute atomic E-state index is 12.4. The summed E-state index contributed by atoms with van der Waals surface area (Å²) in [7, 11) is 1.57. The van der Waals surface area contributed by atoms with E-state index >= 15 is 0 Å². The lowest BCUT2D eigenvalue weighted by molar-refractivity contribution is 0.0974. The zero-order valence-electron chi connectivity index (χ0n) is 11.5. The van der Waals surface area contributed by atoms with E-state index in [0.717, 1.165) is 10.6 Å². The fourth-order valence-electron chi connectivity index (χ4n) is 1.93. The Labute approximate surface area is 121 Å². The Balaban J connectivity index is 2.38. The van der Waals surface area contributed by atoms with Crippen LogP contribution in [-0.4, -0.2) is 17.9 Å². The van der Waals surface area contributed by atoms with Gasteiger partial charge in [-0.1, -0.05) is 12.1 Å². The van der Waals surface area contributed by atoms with Crippen molar-refractivity contribution in [2.75, 3.05) is 7.11 Å². The van der Waals surface area contributed by atoms with Crippen molar-refractivity contribution < 1.29 is 9.53 Å². The second kappa shape index (κ2) is 5.85. The summed E-state index contributed by atoms with van der Waals surface area (Å²) in [6, 6.07) is 7.42. The highest BCUT2D eigenvalue weighted by molar-refractivity contribution is 7.09. The van der Waals surface area contributed by atoms with Crippen LogP contribution in [0.5, 0.6) is 5.75 Å². The van der Waals surface area contributed by atoms with Gasteiger partial charge in [0.1, 0.15) is 17.4 Å². The minimum Gasteiger partial charge on any atom is -0.496 e. The van der Waals surface area contributed by atoms with Crippen LogP contribution in [0.1, 0.15) is 32.5 Å². The van der Waals surface area contributed by atoms with Crippen LogP contribution in [0.2, 0.25) is 0 Å². The molecule has 1 aromatic heterocycles. The monoisotopic (exact) mass is 286 g/mol. The van der Waals surface area contributed by atoms with Crippen LogP contribution in [0, 0.1) is 25.2 Å². The normalized spacial score (nSPS) is 11.7. The molecular formula is C15H14N2O2S. The number of hydrogen-bond donors (Lipinski definition) is 0. The van der Waals surface area contributed by atoms with Gasteiger partial charge in [0.25, 0.3) is 0 Å². The van der Waals surface area contributed by atoms with Crippen molar-refractivity contribution in [3.05, 3.63) is 45.4 Å². The Hall–Kier alpha value is -2.19. The van der Waals surface area contributed by atoms with Gasteiger partial charge in [-0.3, -0.25) is 4.79 Å². The number of hydrogen-bond acceptors (Lipinski definition) is 5. The van der Waals surface area contributed by atoms with E-state index in [1.54, 1.807) is 24.6 Å². The first-order valence-corrected chi connectivity index (χ1v) is 6.95. The van der Waals surface area contributed by atoms with Crippen LogP contribution in [-0.2, 0) is 0 Å². The molecule has 1 aromatic carbocycles. The highest BCUT2D eigenvalue weighted by Crippen LogP contribution is 2.27. The molecule has 0 fully saturated rings. The summed E-state index contributed by atoms with van der Waals surface area (Å²) in [5, 5.41) is 11.8. The summed E-state index contributed by atoms with van der Waals surface area (Å²) in [5.41, 5.74) is 1.94. The highest BCUT2D eigenvalue weighted by Gasteiger charge is 2.24. The van der Waals surface area contributed by atoms with Crippen molar-refractivity contribution in [2.45, 2.75) is 19.8 Å². The number of aromatic nitrogens is 1. The van der Waals surface area contributed by atoms with Crippen molar-refractivity contribution in [3.63, 3.8) is 0 Å². The lowest BCUT2D eigenvalue weighted by Gasteiger charge is -2.10. The number of ketones is 1. The molecule has 102 valence electrons. The van der Waals surface area contributed by atoms with Crippen molar-refractivity contribution in [1.29, 1.82) is 5.26 Å². The number of carbonyl (C=O) groups excluding carboxylic acids is 1. The molecule has 0 N–H and O–H groups in total. The molecular weight excluding hydrogens is 272 g/mol. The Morgan fingerprint density at radius 1 is 1.45 bits per heavy atom. The first-order valence-electron chi connectivity index (χ1n) is 6.07. The molecule has 20 heavy (non-hydrogen) atoms. The van der Waals surface area contributed by atoms with Gasteiger partial charge in [0.15, 0.2) is 0 Å². The Kier molecular flexibility index (Phi) is 4.16. The number of thiazole rings is 1. The largest absolute Gasteiger partial charge is 0.496 e. The predicted octanol–water partition coefficient (Wildman–Crippen LogP) is 3.26. The van der Waals surface area contributed by atoms with Crippen LogP contribution < -0.4 is 4.74 Å². The summed E-state index contributed by atoms with van der Waals surface area (Å²) >= 11 is 1.40. The van der Waals surface area contributed by atoms with E-state index in [4.69, 9.17) is 4.74 Å². The average molecular weight is 286 g/mol. The van der Waals surface area contributed by atoms with E-state index in [9.17, 15) is 10.1 Å². The minimum absolute atomic E-state index is 0.275. The van der Waals surface area contributed by atoms with Gasteiger partial charge in [0.2, 0.25) is 5.78 Å². The Morgan fingerprint density at radius 2 is 2.20 bits per heavy atom. The lowest BCUT2D eigenvalue weighted by Crippen LogP contribution is -2.12. The molecule has 4 nitrogen and oxygen atoms in total. The number of benzene rings is 1. The number of rotatable bonds is 4. The van der Waals surface area contributed by atoms with E-state index in [1.165, 1.54) is 11.3 Å². The van der Waals surface area contributed by atoms with Crippen molar-refractivity contribution in [2.24, 2.45) is 0 Å². The minimum atomic E-state index is -0.856. The quantitative estimate of drug-likeness (QED) is 0.809. The average Bonchev–Trinajstić information content (AvgIpc) is 2.88. The fraction of sp³-hybridized carbons (Fsp3) is 0.267. The Morgan fingerprint density at radius 3 is 2.75 bits per heavy atom. The number of Topliss-reactive ketones (excluding diaryl/α,β-unsaturated/α-hetero) is 1. The van der Waals surface area contributed by atoms with Gasteiger partial charge in [-0.25, -0.2) is 4.98 Å². The molecule has 0 radical (unpaired) electrons. The first kappa shape index (κ1) is 14.2. The van der Waals surface area contributed by atoms with E-state index in [2.05, 4.69) is 11.1 Å². The third-order valence-electron chi connectivity index (χ3n) is 3.03.